The molecule has 3 aromatic rings. The highest BCUT2D eigenvalue weighted by atomic mass is 35.5. The van der Waals surface area contributed by atoms with Crippen LogP contribution in [0.25, 0.3) is 22.3 Å². The number of nitrogens with two attached hydrogens (primary N) is 1. The van der Waals surface area contributed by atoms with Crippen molar-refractivity contribution in [1.29, 1.82) is 0 Å². The van der Waals surface area contributed by atoms with Crippen LogP contribution in [0, 0.1) is 0 Å². The Kier molecular flexibility index (Phi) is 5.98. The molecule has 0 spiro atoms. The van der Waals surface area contributed by atoms with E-state index >= 15 is 0 Å². The van der Waals surface area contributed by atoms with E-state index in [0.29, 0.717) is 17.0 Å². The van der Waals surface area contributed by atoms with Crippen molar-refractivity contribution in [3.05, 3.63) is 81.4 Å². The van der Waals surface area contributed by atoms with Crippen LogP contribution in [0.2, 0.25) is 5.02 Å². The van der Waals surface area contributed by atoms with Gasteiger partial charge in [0.2, 0.25) is 5.91 Å². The maximum Gasteiger partial charge on any atom is 0.249 e. The van der Waals surface area contributed by atoms with Crippen LogP contribution in [-0.2, 0) is 23.3 Å². The molecule has 5 rings (SSSR count). The number of amides is 1. The van der Waals surface area contributed by atoms with Gasteiger partial charge in [0.25, 0.3) is 0 Å². The molecule has 6 heteroatoms. The maximum absolute atomic E-state index is 12.4. The van der Waals surface area contributed by atoms with E-state index in [1.807, 2.05) is 30.3 Å². The Labute approximate surface area is 205 Å². The lowest BCUT2D eigenvalue weighted by Crippen LogP contribution is -2.35. The highest BCUT2D eigenvalue weighted by molar-refractivity contribution is 6.31. The van der Waals surface area contributed by atoms with Gasteiger partial charge in [-0.1, -0.05) is 41.9 Å². The second kappa shape index (κ2) is 8.82. The molecular formula is C28H29ClN2O3. The van der Waals surface area contributed by atoms with Gasteiger partial charge in [-0.25, -0.2) is 0 Å². The molecule has 5 nitrogen and oxygen atoms in total. The number of morpholine rings is 1. The standard InChI is InChI=1S/C28H29ClN2O3/c1-28(2,33)21-5-6-22-20(11-21)14-24-23(22)12-19(13-25(24)27(30)32)17-3-4-18(26(29)15-17)16-31-7-9-34-10-8-31/h3-6,11-13,15,33H,7-10,14,16H2,1-2H3,(H2,30,32). The molecule has 0 unspecified atom stereocenters. The van der Waals surface area contributed by atoms with E-state index in [1.165, 1.54) is 0 Å². The largest absolute Gasteiger partial charge is 0.386 e. The van der Waals surface area contributed by atoms with Crippen molar-refractivity contribution in [3.8, 4) is 22.3 Å². The van der Waals surface area contributed by atoms with E-state index in [4.69, 9.17) is 22.1 Å². The van der Waals surface area contributed by atoms with Gasteiger partial charge < -0.3 is 15.6 Å². The summed E-state index contributed by atoms with van der Waals surface area (Å²) in [4.78, 5) is 14.7. The number of halogens is 1. The minimum Gasteiger partial charge on any atom is -0.386 e. The first kappa shape index (κ1) is 23.1. The molecule has 0 bridgehead atoms. The van der Waals surface area contributed by atoms with Gasteiger partial charge in [-0.05, 0) is 83.0 Å². The average molecular weight is 477 g/mol. The van der Waals surface area contributed by atoms with Gasteiger partial charge in [0, 0.05) is 30.2 Å². The number of carbonyl (C=O) groups is 1. The van der Waals surface area contributed by atoms with Gasteiger partial charge in [-0.3, -0.25) is 9.69 Å². The third-order valence-corrected chi connectivity index (χ3v) is 7.22. The van der Waals surface area contributed by atoms with Crippen LogP contribution in [0.5, 0.6) is 0 Å². The molecular weight excluding hydrogens is 448 g/mol. The van der Waals surface area contributed by atoms with Crippen molar-refractivity contribution in [3.63, 3.8) is 0 Å². The number of hydrogen-bond donors (Lipinski definition) is 2. The van der Waals surface area contributed by atoms with Crippen LogP contribution in [0.15, 0.2) is 48.5 Å². The fourth-order valence-electron chi connectivity index (χ4n) is 4.92. The van der Waals surface area contributed by atoms with E-state index < -0.39 is 11.5 Å². The molecule has 2 aliphatic rings. The molecule has 3 N–H and O–H groups in total. The number of ether oxygens (including phenoxy) is 1. The zero-order valence-electron chi connectivity index (χ0n) is 19.5. The lowest BCUT2D eigenvalue weighted by Gasteiger charge is -2.27. The van der Waals surface area contributed by atoms with Crippen molar-refractivity contribution < 1.29 is 14.6 Å². The summed E-state index contributed by atoms with van der Waals surface area (Å²) in [6, 6.07) is 16.1. The topological polar surface area (TPSA) is 75.8 Å². The van der Waals surface area contributed by atoms with Crippen molar-refractivity contribution in [2.45, 2.75) is 32.4 Å². The van der Waals surface area contributed by atoms with Crippen LogP contribution >= 0.6 is 11.6 Å². The molecule has 176 valence electrons. The minimum atomic E-state index is -0.929. The van der Waals surface area contributed by atoms with Crippen molar-refractivity contribution in [1.82, 2.24) is 4.90 Å². The quantitative estimate of drug-likeness (QED) is 0.436. The van der Waals surface area contributed by atoms with Crippen LogP contribution in [-0.4, -0.2) is 42.2 Å². The first-order valence-electron chi connectivity index (χ1n) is 11.6. The SMILES string of the molecule is CC(C)(O)c1ccc2c(c1)Cc1c(C(N)=O)cc(-c3ccc(CN4CCOCC4)c(Cl)c3)cc1-2. The number of nitrogens with zero attached hydrogens (tertiary/aromatic N) is 1. The first-order valence-corrected chi connectivity index (χ1v) is 12.0. The number of fused-ring (bicyclic) bond motifs is 3. The van der Waals surface area contributed by atoms with Crippen LogP contribution < -0.4 is 5.73 Å². The predicted octanol–water partition coefficient (Wildman–Crippen LogP) is 4.74. The molecule has 0 radical (unpaired) electrons. The Hall–Kier alpha value is -2.70. The van der Waals surface area contributed by atoms with Crippen LogP contribution in [0.3, 0.4) is 0 Å². The summed E-state index contributed by atoms with van der Waals surface area (Å²) in [6.45, 7) is 7.64. The number of aliphatic hydroxyl groups is 1. The minimum absolute atomic E-state index is 0.441. The monoisotopic (exact) mass is 476 g/mol. The summed E-state index contributed by atoms with van der Waals surface area (Å²) >= 11 is 6.69. The molecule has 1 amide bonds. The van der Waals surface area contributed by atoms with E-state index in [2.05, 4.69) is 23.1 Å². The summed E-state index contributed by atoms with van der Waals surface area (Å²) in [7, 11) is 0. The third-order valence-electron chi connectivity index (χ3n) is 6.87. The Bertz CT molecular complexity index is 1270. The van der Waals surface area contributed by atoms with Crippen LogP contribution in [0.1, 0.15) is 46.5 Å². The first-order chi connectivity index (χ1) is 16.2. The fraction of sp³-hybridized carbons (Fsp3) is 0.321. The second-order valence-electron chi connectivity index (χ2n) is 9.72. The highest BCUT2D eigenvalue weighted by Gasteiger charge is 2.27. The van der Waals surface area contributed by atoms with E-state index in [1.54, 1.807) is 13.8 Å². The van der Waals surface area contributed by atoms with E-state index in [-0.39, 0.29) is 0 Å². The van der Waals surface area contributed by atoms with Crippen molar-refractivity contribution in [2.75, 3.05) is 26.3 Å². The Morgan fingerprint density at radius 2 is 1.82 bits per heavy atom. The van der Waals surface area contributed by atoms with E-state index in [0.717, 1.165) is 77.4 Å². The Morgan fingerprint density at radius 1 is 1.06 bits per heavy atom. The summed E-state index contributed by atoms with van der Waals surface area (Å²) in [5.74, 6) is -0.441. The van der Waals surface area contributed by atoms with Crippen molar-refractivity contribution in [2.24, 2.45) is 5.73 Å². The normalized spacial score (nSPS) is 15.8. The highest BCUT2D eigenvalue weighted by Crippen LogP contribution is 2.42. The molecule has 0 aromatic heterocycles. The molecule has 34 heavy (non-hydrogen) atoms. The molecule has 0 saturated carbocycles. The second-order valence-corrected chi connectivity index (χ2v) is 10.1. The van der Waals surface area contributed by atoms with Gasteiger partial charge in [-0.2, -0.15) is 0 Å². The molecule has 0 atom stereocenters. The average Bonchev–Trinajstić information content (AvgIpc) is 3.17. The van der Waals surface area contributed by atoms with Gasteiger partial charge in [0.05, 0.1) is 18.8 Å². The summed E-state index contributed by atoms with van der Waals surface area (Å²) in [6.07, 6.45) is 0.617. The number of hydrogen-bond acceptors (Lipinski definition) is 4. The Balaban J connectivity index is 1.52. The smallest absolute Gasteiger partial charge is 0.249 e. The molecule has 1 heterocycles. The number of carbonyl (C=O) groups excluding carboxylic acids is 1. The van der Waals surface area contributed by atoms with Gasteiger partial charge >= 0.3 is 0 Å². The molecule has 1 saturated heterocycles. The zero-order valence-corrected chi connectivity index (χ0v) is 20.3. The fourth-order valence-corrected chi connectivity index (χ4v) is 5.16. The van der Waals surface area contributed by atoms with Crippen LogP contribution in [0.4, 0.5) is 0 Å². The lowest BCUT2D eigenvalue weighted by atomic mass is 9.92. The number of benzene rings is 3. The summed E-state index contributed by atoms with van der Waals surface area (Å²) in [5, 5.41) is 11.1. The maximum atomic E-state index is 12.4. The zero-order chi connectivity index (χ0) is 24.0. The number of primary amides is 1. The number of rotatable bonds is 5. The molecule has 1 aliphatic heterocycles. The van der Waals surface area contributed by atoms with E-state index in [9.17, 15) is 9.90 Å². The molecule has 1 fully saturated rings. The molecule has 3 aromatic carbocycles. The molecule has 1 aliphatic carbocycles. The third kappa shape index (κ3) is 4.37. The Morgan fingerprint density at radius 3 is 2.50 bits per heavy atom. The van der Waals surface area contributed by atoms with Gasteiger partial charge in [0.15, 0.2) is 0 Å². The predicted molar refractivity (Wildman–Crippen MR) is 135 cm³/mol. The van der Waals surface area contributed by atoms with Crippen molar-refractivity contribution >= 4 is 17.5 Å². The summed E-state index contributed by atoms with van der Waals surface area (Å²) in [5.41, 5.74) is 13.3. The lowest BCUT2D eigenvalue weighted by molar-refractivity contribution is 0.0342. The summed E-state index contributed by atoms with van der Waals surface area (Å²) < 4.78 is 5.43. The van der Waals surface area contributed by atoms with Gasteiger partial charge in [-0.15, -0.1) is 0 Å². The van der Waals surface area contributed by atoms with Gasteiger partial charge in [0.1, 0.15) is 0 Å².